The van der Waals surface area contributed by atoms with Gasteiger partial charge in [-0.05, 0) is 49.2 Å². The predicted octanol–water partition coefficient (Wildman–Crippen LogP) is 5.18. The van der Waals surface area contributed by atoms with E-state index in [0.717, 1.165) is 12.7 Å². The highest BCUT2D eigenvalue weighted by Gasteiger charge is 2.30. The van der Waals surface area contributed by atoms with Gasteiger partial charge in [-0.2, -0.15) is 19.9 Å². The Hall–Kier alpha value is -5.40. The third-order valence-corrected chi connectivity index (χ3v) is 4.78. The van der Waals surface area contributed by atoms with Crippen LogP contribution in [0.2, 0.25) is 0 Å². The Morgan fingerprint density at radius 1 is 0.556 bits per heavy atom. The van der Waals surface area contributed by atoms with Crippen LogP contribution in [0.1, 0.15) is 11.1 Å². The minimum absolute atomic E-state index is 0.107. The number of hydrogen-bond acceptors (Lipinski definition) is 12. The molecule has 180 valence electrons. The van der Waals surface area contributed by atoms with E-state index in [1.807, 2.05) is 0 Å². The van der Waals surface area contributed by atoms with Gasteiger partial charge in [-0.1, -0.05) is 0 Å². The average molecular weight is 490 g/mol. The smallest absolute Gasteiger partial charge is 0.393 e. The number of hydrogen-bond donors (Lipinski definition) is 0. The molecule has 0 aliphatic carbocycles. The van der Waals surface area contributed by atoms with Crippen LogP contribution in [0.15, 0.2) is 49.1 Å². The van der Waals surface area contributed by atoms with Gasteiger partial charge in [-0.3, -0.25) is 20.2 Å². The van der Waals surface area contributed by atoms with Crippen LogP contribution in [0, 0.1) is 34.1 Å². The van der Waals surface area contributed by atoms with Gasteiger partial charge in [0.2, 0.25) is 0 Å². The molecular formula is C22H14N6O8. The van der Waals surface area contributed by atoms with Crippen LogP contribution in [-0.4, -0.2) is 29.8 Å². The molecule has 8 bridgehead atoms. The molecule has 0 atom stereocenters. The van der Waals surface area contributed by atoms with E-state index in [1.54, 1.807) is 38.1 Å². The Labute approximate surface area is 201 Å². The Morgan fingerprint density at radius 2 is 0.833 bits per heavy atom. The van der Waals surface area contributed by atoms with Gasteiger partial charge in [0, 0.05) is 12.1 Å². The minimum Gasteiger partial charge on any atom is -0.433 e. The second kappa shape index (κ2) is 8.75. The maximum absolute atomic E-state index is 11.9. The quantitative estimate of drug-likeness (QED) is 0.234. The van der Waals surface area contributed by atoms with Crippen molar-refractivity contribution in [1.29, 1.82) is 0 Å². The summed E-state index contributed by atoms with van der Waals surface area (Å²) in [6.45, 7) is 3.41. The van der Waals surface area contributed by atoms with Crippen molar-refractivity contribution in [3.63, 3.8) is 0 Å². The zero-order valence-electron chi connectivity index (χ0n) is 18.6. The molecule has 36 heavy (non-hydrogen) atoms. The first-order valence-corrected chi connectivity index (χ1v) is 10.2. The number of aromatic nitrogens is 4. The summed E-state index contributed by atoms with van der Waals surface area (Å²) >= 11 is 0. The Kier molecular flexibility index (Phi) is 5.44. The summed E-state index contributed by atoms with van der Waals surface area (Å²) in [5.41, 5.74) is 0.0225. The van der Waals surface area contributed by atoms with Crippen molar-refractivity contribution in [2.45, 2.75) is 13.8 Å². The Bertz CT molecular complexity index is 1340. The van der Waals surface area contributed by atoms with E-state index in [0.29, 0.717) is 11.1 Å². The first-order chi connectivity index (χ1) is 17.3. The van der Waals surface area contributed by atoms with Crippen molar-refractivity contribution < 1.29 is 28.8 Å². The van der Waals surface area contributed by atoms with Gasteiger partial charge < -0.3 is 18.9 Å². The van der Waals surface area contributed by atoms with E-state index in [1.165, 1.54) is 12.1 Å². The van der Waals surface area contributed by atoms with Crippen LogP contribution in [0.25, 0.3) is 0 Å². The molecule has 0 N–H and O–H groups in total. The van der Waals surface area contributed by atoms with Gasteiger partial charge in [-0.15, -0.1) is 0 Å². The molecule has 3 heterocycles. The second-order valence-electron chi connectivity index (χ2n) is 7.55. The first-order valence-electron chi connectivity index (χ1n) is 10.2. The van der Waals surface area contributed by atoms with Crippen molar-refractivity contribution >= 4 is 11.4 Å². The van der Waals surface area contributed by atoms with Gasteiger partial charge in [-0.25, -0.2) is 0 Å². The molecule has 4 aromatic rings. The molecule has 0 saturated carbocycles. The third-order valence-electron chi connectivity index (χ3n) is 4.78. The number of nitro groups is 2. The largest absolute Gasteiger partial charge is 0.433 e. The molecule has 14 heteroatoms. The monoisotopic (exact) mass is 490 g/mol. The molecule has 0 saturated heterocycles. The number of fused-ring (bicyclic) bond motifs is 8. The van der Waals surface area contributed by atoms with Crippen molar-refractivity contribution in [3.8, 4) is 46.5 Å². The molecular weight excluding hydrogens is 476 g/mol. The number of benzene rings is 2. The van der Waals surface area contributed by atoms with E-state index in [-0.39, 0.29) is 46.5 Å². The lowest BCUT2D eigenvalue weighted by molar-refractivity contribution is -0.387. The molecule has 1 aliphatic rings. The van der Waals surface area contributed by atoms with E-state index < -0.39 is 21.2 Å². The molecule has 0 spiro atoms. The summed E-state index contributed by atoms with van der Waals surface area (Å²) in [4.78, 5) is 37.9. The number of ether oxygens (including phenoxy) is 4. The maximum atomic E-state index is 11.9. The third kappa shape index (κ3) is 4.37. The van der Waals surface area contributed by atoms with Gasteiger partial charge in [0.05, 0.1) is 9.85 Å². The second-order valence-corrected chi connectivity index (χ2v) is 7.55. The minimum atomic E-state index is -0.726. The maximum Gasteiger partial charge on any atom is 0.393 e. The van der Waals surface area contributed by atoms with Crippen molar-refractivity contribution in [2.24, 2.45) is 0 Å². The van der Waals surface area contributed by atoms with E-state index in [9.17, 15) is 20.2 Å². The van der Waals surface area contributed by atoms with Crippen LogP contribution in [0.5, 0.6) is 46.5 Å². The fourth-order valence-corrected chi connectivity index (χ4v) is 3.42. The lowest BCUT2D eigenvalue weighted by Crippen LogP contribution is -2.03. The fourth-order valence-electron chi connectivity index (χ4n) is 3.42. The van der Waals surface area contributed by atoms with Crippen molar-refractivity contribution in [1.82, 2.24) is 19.9 Å². The summed E-state index contributed by atoms with van der Waals surface area (Å²) in [5.74, 6) is -1.10. The number of aryl methyl sites for hydroxylation is 2. The lowest BCUT2D eigenvalue weighted by atomic mass is 10.2. The number of nitrogens with zero attached hydrogens (tertiary/aromatic N) is 6. The zero-order valence-corrected chi connectivity index (χ0v) is 18.6. The van der Waals surface area contributed by atoms with E-state index in [4.69, 9.17) is 18.9 Å². The van der Waals surface area contributed by atoms with Crippen molar-refractivity contribution in [2.75, 3.05) is 0 Å². The lowest BCUT2D eigenvalue weighted by Gasteiger charge is -2.13. The highest BCUT2D eigenvalue weighted by Crippen LogP contribution is 2.42. The standard InChI is InChI=1S/C22H14N6O8/c1-11-3-13-7-14(4-11)34-20-18(28(31)32)22(26-10-24-20)36-16-6-12(2)5-15(8-16)35-21-17(27(29)30)19(33-13)23-9-25-21/h3-10H,1-2H3. The van der Waals surface area contributed by atoms with Crippen LogP contribution in [-0.2, 0) is 0 Å². The number of rotatable bonds is 2. The van der Waals surface area contributed by atoms with Gasteiger partial charge in [0.15, 0.2) is 0 Å². The molecule has 0 fully saturated rings. The summed E-state index contributed by atoms with van der Waals surface area (Å²) in [7, 11) is 0. The van der Waals surface area contributed by atoms with Gasteiger partial charge in [0.25, 0.3) is 0 Å². The van der Waals surface area contributed by atoms with Crippen molar-refractivity contribution in [3.05, 3.63) is 80.4 Å². The molecule has 0 amide bonds. The summed E-state index contributed by atoms with van der Waals surface area (Å²) < 4.78 is 22.8. The Morgan fingerprint density at radius 3 is 1.08 bits per heavy atom. The summed E-state index contributed by atoms with van der Waals surface area (Å²) in [5, 5.41) is 23.8. The van der Waals surface area contributed by atoms with Gasteiger partial charge in [0.1, 0.15) is 35.7 Å². The van der Waals surface area contributed by atoms with Crippen LogP contribution in [0.4, 0.5) is 11.4 Å². The van der Waals surface area contributed by atoms with E-state index in [2.05, 4.69) is 19.9 Å². The molecule has 5 rings (SSSR count). The average Bonchev–Trinajstić information content (AvgIpc) is 2.77. The molecule has 0 unspecified atom stereocenters. The Balaban J connectivity index is 1.75. The summed E-state index contributed by atoms with van der Waals surface area (Å²) in [6.07, 6.45) is 2.12. The molecule has 14 nitrogen and oxygen atoms in total. The molecule has 0 radical (unpaired) electrons. The van der Waals surface area contributed by atoms with E-state index >= 15 is 0 Å². The summed E-state index contributed by atoms with van der Waals surface area (Å²) in [6, 6.07) is 9.00. The molecule has 1 aliphatic heterocycles. The molecule has 2 aromatic carbocycles. The zero-order chi connectivity index (χ0) is 25.4. The highest BCUT2D eigenvalue weighted by molar-refractivity contribution is 5.56. The first kappa shape index (κ1) is 22.4. The normalized spacial score (nSPS) is 11.8. The SMILES string of the molecule is Cc1cc2cc(c1)Oc1ncnc(c1[N+](=O)[O-])Oc1cc(C)cc(c1)Oc1ncnc(c1[N+](=O)[O-])O2. The van der Waals surface area contributed by atoms with Crippen LogP contribution < -0.4 is 18.9 Å². The van der Waals surface area contributed by atoms with Crippen LogP contribution >= 0.6 is 0 Å². The topological polar surface area (TPSA) is 175 Å². The predicted molar refractivity (Wildman–Crippen MR) is 120 cm³/mol. The highest BCUT2D eigenvalue weighted by atomic mass is 16.6. The fraction of sp³-hybridized carbons (Fsp3) is 0.0909. The van der Waals surface area contributed by atoms with Crippen LogP contribution in [0.3, 0.4) is 0 Å². The molecule has 2 aromatic heterocycles. The van der Waals surface area contributed by atoms with Gasteiger partial charge >= 0.3 is 34.9 Å².